The Morgan fingerprint density at radius 2 is 2.20 bits per heavy atom. The summed E-state index contributed by atoms with van der Waals surface area (Å²) < 4.78 is 0.624. The van der Waals surface area contributed by atoms with Gasteiger partial charge in [-0.1, -0.05) is 15.9 Å². The molecule has 2 rings (SSSR count). The van der Waals surface area contributed by atoms with Gasteiger partial charge in [0.25, 0.3) is 5.69 Å². The molecular formula is C12H9BrN2O4S. The maximum atomic E-state index is 10.9. The molecule has 0 bridgehead atoms. The van der Waals surface area contributed by atoms with Gasteiger partial charge in [-0.2, -0.15) is 0 Å². The average molecular weight is 357 g/mol. The van der Waals surface area contributed by atoms with Crippen LogP contribution in [0, 0.1) is 10.1 Å². The van der Waals surface area contributed by atoms with E-state index in [4.69, 9.17) is 5.11 Å². The van der Waals surface area contributed by atoms with Gasteiger partial charge in [-0.3, -0.25) is 10.1 Å². The lowest BCUT2D eigenvalue weighted by molar-refractivity contribution is -0.384. The lowest BCUT2D eigenvalue weighted by atomic mass is 10.2. The number of nitro benzene ring substituents is 1. The molecule has 0 fully saturated rings. The van der Waals surface area contributed by atoms with E-state index in [0.29, 0.717) is 16.7 Å². The summed E-state index contributed by atoms with van der Waals surface area (Å²) in [6.45, 7) is 0.334. The largest absolute Gasteiger partial charge is 0.478 e. The molecule has 0 atom stereocenters. The second-order valence-electron chi connectivity index (χ2n) is 3.88. The van der Waals surface area contributed by atoms with Crippen LogP contribution in [0.3, 0.4) is 0 Å². The summed E-state index contributed by atoms with van der Waals surface area (Å²) in [7, 11) is 0. The van der Waals surface area contributed by atoms with Crippen molar-refractivity contribution in [3.05, 3.63) is 54.7 Å². The highest BCUT2D eigenvalue weighted by atomic mass is 79.9. The molecule has 0 aliphatic carbocycles. The summed E-state index contributed by atoms with van der Waals surface area (Å²) in [6.07, 6.45) is 0. The number of anilines is 1. The van der Waals surface area contributed by atoms with E-state index in [1.807, 2.05) is 0 Å². The number of thiophene rings is 1. The van der Waals surface area contributed by atoms with Crippen LogP contribution in [0.1, 0.15) is 15.2 Å². The van der Waals surface area contributed by atoms with E-state index in [9.17, 15) is 14.9 Å². The maximum absolute atomic E-state index is 10.9. The number of nitrogens with zero attached hydrogens (tertiary/aromatic N) is 1. The third kappa shape index (κ3) is 3.34. The molecule has 0 saturated carbocycles. The van der Waals surface area contributed by atoms with Gasteiger partial charge in [-0.05, 0) is 18.2 Å². The number of carbonyl (C=O) groups is 1. The number of hydrogen-bond donors (Lipinski definition) is 2. The van der Waals surface area contributed by atoms with Crippen LogP contribution in [0.4, 0.5) is 11.4 Å². The fraction of sp³-hybridized carbons (Fsp3) is 0.0833. The molecule has 2 N–H and O–H groups in total. The molecular weight excluding hydrogens is 348 g/mol. The zero-order chi connectivity index (χ0) is 14.7. The molecule has 0 unspecified atom stereocenters. The second-order valence-corrected chi connectivity index (χ2v) is 5.79. The van der Waals surface area contributed by atoms with Crippen molar-refractivity contribution in [3.8, 4) is 0 Å². The molecule has 0 aliphatic rings. The minimum Gasteiger partial charge on any atom is -0.478 e. The van der Waals surface area contributed by atoms with Crippen molar-refractivity contribution in [1.29, 1.82) is 0 Å². The minimum atomic E-state index is -0.984. The average Bonchev–Trinajstić information content (AvgIpc) is 2.86. The molecule has 0 spiro atoms. The van der Waals surface area contributed by atoms with Crippen LogP contribution in [0.5, 0.6) is 0 Å². The normalized spacial score (nSPS) is 10.2. The molecule has 0 aliphatic heterocycles. The van der Waals surface area contributed by atoms with Crippen LogP contribution in [0.25, 0.3) is 0 Å². The summed E-state index contributed by atoms with van der Waals surface area (Å²) in [6, 6.07) is 6.27. The van der Waals surface area contributed by atoms with Gasteiger partial charge in [0.2, 0.25) is 0 Å². The van der Waals surface area contributed by atoms with Gasteiger partial charge in [0.1, 0.15) is 5.69 Å². The summed E-state index contributed by atoms with van der Waals surface area (Å²) in [4.78, 5) is 22.0. The highest BCUT2D eigenvalue weighted by Crippen LogP contribution is 2.28. The minimum absolute atomic E-state index is 0.0330. The summed E-state index contributed by atoms with van der Waals surface area (Å²) in [5.74, 6) is -0.984. The Morgan fingerprint density at radius 3 is 2.80 bits per heavy atom. The van der Waals surface area contributed by atoms with Gasteiger partial charge in [0, 0.05) is 27.3 Å². The summed E-state index contributed by atoms with van der Waals surface area (Å²) >= 11 is 4.48. The highest BCUT2D eigenvalue weighted by Gasteiger charge is 2.14. The quantitative estimate of drug-likeness (QED) is 0.628. The molecule has 2 aromatic rings. The van der Waals surface area contributed by atoms with Gasteiger partial charge >= 0.3 is 5.97 Å². The lowest BCUT2D eigenvalue weighted by Crippen LogP contribution is -2.01. The molecule has 104 valence electrons. The number of rotatable bonds is 5. The van der Waals surface area contributed by atoms with E-state index < -0.39 is 10.9 Å². The van der Waals surface area contributed by atoms with Crippen LogP contribution in [0.2, 0.25) is 0 Å². The van der Waals surface area contributed by atoms with Gasteiger partial charge in [-0.15, -0.1) is 11.3 Å². The predicted molar refractivity (Wildman–Crippen MR) is 79.4 cm³/mol. The predicted octanol–water partition coefficient (Wildman–Crippen LogP) is 3.73. The Hall–Kier alpha value is -1.93. The van der Waals surface area contributed by atoms with E-state index in [-0.39, 0.29) is 11.3 Å². The number of hydrogen-bond acceptors (Lipinski definition) is 5. The first-order valence-electron chi connectivity index (χ1n) is 5.46. The van der Waals surface area contributed by atoms with Gasteiger partial charge in [0.15, 0.2) is 0 Å². The topological polar surface area (TPSA) is 92.5 Å². The third-order valence-corrected chi connectivity index (χ3v) is 3.94. The fourth-order valence-electron chi connectivity index (χ4n) is 1.57. The number of halogens is 1. The summed E-state index contributed by atoms with van der Waals surface area (Å²) in [5.41, 5.74) is 0.579. The van der Waals surface area contributed by atoms with Crippen LogP contribution in [-0.4, -0.2) is 16.0 Å². The van der Waals surface area contributed by atoms with Crippen molar-refractivity contribution in [1.82, 2.24) is 0 Å². The standard InChI is InChI=1S/C12H9BrN2O4S/c13-8-1-2-10(11(4-8)15(18)19)14-5-9-3-7(6-20-9)12(16)17/h1-4,6,14H,5H2,(H,16,17). The summed E-state index contributed by atoms with van der Waals surface area (Å²) in [5, 5.41) is 24.3. The number of aromatic carboxylic acids is 1. The number of nitrogens with one attached hydrogen (secondary N) is 1. The van der Waals surface area contributed by atoms with Crippen molar-refractivity contribution in [3.63, 3.8) is 0 Å². The SMILES string of the molecule is O=C(O)c1csc(CNc2ccc(Br)cc2[N+](=O)[O-])c1. The van der Waals surface area contributed by atoms with E-state index in [2.05, 4.69) is 21.2 Å². The molecule has 1 heterocycles. The Kier molecular flexibility index (Phi) is 4.35. The van der Waals surface area contributed by atoms with E-state index in [0.717, 1.165) is 4.88 Å². The fourth-order valence-corrected chi connectivity index (χ4v) is 2.72. The molecule has 8 heteroatoms. The number of nitro groups is 1. The highest BCUT2D eigenvalue weighted by molar-refractivity contribution is 9.10. The van der Waals surface area contributed by atoms with Crippen LogP contribution < -0.4 is 5.32 Å². The zero-order valence-corrected chi connectivity index (χ0v) is 12.4. The van der Waals surface area contributed by atoms with Crippen LogP contribution in [-0.2, 0) is 6.54 Å². The molecule has 6 nitrogen and oxygen atoms in total. The first kappa shape index (κ1) is 14.5. The van der Waals surface area contributed by atoms with Crippen molar-refractivity contribution < 1.29 is 14.8 Å². The first-order chi connectivity index (χ1) is 9.47. The number of benzene rings is 1. The smallest absolute Gasteiger partial charge is 0.336 e. The van der Waals surface area contributed by atoms with Crippen molar-refractivity contribution in [2.45, 2.75) is 6.54 Å². The van der Waals surface area contributed by atoms with Crippen LogP contribution >= 0.6 is 27.3 Å². The Balaban J connectivity index is 2.14. The number of carboxylic acids is 1. The number of carboxylic acid groups (broad SMARTS) is 1. The second kappa shape index (κ2) is 6.02. The Morgan fingerprint density at radius 1 is 1.45 bits per heavy atom. The van der Waals surface area contributed by atoms with Gasteiger partial charge in [0.05, 0.1) is 10.5 Å². The van der Waals surface area contributed by atoms with Gasteiger partial charge in [-0.25, -0.2) is 4.79 Å². The molecule has 0 radical (unpaired) electrons. The lowest BCUT2D eigenvalue weighted by Gasteiger charge is -2.06. The van der Waals surface area contributed by atoms with Gasteiger partial charge < -0.3 is 10.4 Å². The first-order valence-corrected chi connectivity index (χ1v) is 7.13. The molecule has 1 aromatic carbocycles. The van der Waals surface area contributed by atoms with E-state index >= 15 is 0 Å². The van der Waals surface area contributed by atoms with Crippen molar-refractivity contribution in [2.24, 2.45) is 0 Å². The Labute approximate surface area is 126 Å². The van der Waals surface area contributed by atoms with E-state index in [1.54, 1.807) is 18.2 Å². The Bertz CT molecular complexity index is 671. The molecule has 1 aromatic heterocycles. The van der Waals surface area contributed by atoms with Crippen LogP contribution in [0.15, 0.2) is 34.1 Å². The van der Waals surface area contributed by atoms with Crippen molar-refractivity contribution >= 4 is 44.6 Å². The van der Waals surface area contributed by atoms with E-state index in [1.165, 1.54) is 22.8 Å². The zero-order valence-electron chi connectivity index (χ0n) is 10.00. The maximum Gasteiger partial charge on any atom is 0.336 e. The monoisotopic (exact) mass is 356 g/mol. The third-order valence-electron chi connectivity index (χ3n) is 2.51. The molecule has 20 heavy (non-hydrogen) atoms. The molecule has 0 saturated heterocycles. The molecule has 0 amide bonds. The van der Waals surface area contributed by atoms with Crippen molar-refractivity contribution in [2.75, 3.05) is 5.32 Å².